The van der Waals surface area contributed by atoms with Crippen molar-refractivity contribution in [3.63, 3.8) is 0 Å². The number of aromatic nitrogens is 2. The molecule has 2 heterocycles. The lowest BCUT2D eigenvalue weighted by molar-refractivity contribution is 0.867. The molecule has 90 valence electrons. The minimum Gasteiger partial charge on any atom is -0.307 e. The number of hydrogen-bond acceptors (Lipinski definition) is 1. The second-order valence-corrected chi connectivity index (χ2v) is 4.88. The SMILES string of the molecule is CC(C)c1ccc(-c2ccn3ccnc3c2)cc1. The van der Waals surface area contributed by atoms with E-state index in [-0.39, 0.29) is 0 Å². The zero-order valence-electron chi connectivity index (χ0n) is 10.7. The lowest BCUT2D eigenvalue weighted by Gasteiger charge is -2.07. The van der Waals surface area contributed by atoms with Crippen molar-refractivity contribution in [3.8, 4) is 11.1 Å². The Morgan fingerprint density at radius 3 is 2.44 bits per heavy atom. The van der Waals surface area contributed by atoms with Gasteiger partial charge in [-0.15, -0.1) is 0 Å². The van der Waals surface area contributed by atoms with Crippen LogP contribution in [0.25, 0.3) is 16.8 Å². The van der Waals surface area contributed by atoms with Gasteiger partial charge in [0.1, 0.15) is 5.65 Å². The first-order chi connectivity index (χ1) is 8.74. The number of imidazole rings is 1. The van der Waals surface area contributed by atoms with E-state index in [2.05, 4.69) is 55.2 Å². The number of hydrogen-bond donors (Lipinski definition) is 0. The fraction of sp³-hybridized carbons (Fsp3) is 0.188. The first-order valence-electron chi connectivity index (χ1n) is 6.27. The van der Waals surface area contributed by atoms with Crippen LogP contribution in [-0.2, 0) is 0 Å². The molecule has 0 aliphatic carbocycles. The molecular weight excluding hydrogens is 220 g/mol. The van der Waals surface area contributed by atoms with E-state index in [0.717, 1.165) is 5.65 Å². The van der Waals surface area contributed by atoms with Gasteiger partial charge >= 0.3 is 0 Å². The Labute approximate surface area is 107 Å². The summed E-state index contributed by atoms with van der Waals surface area (Å²) in [5, 5.41) is 0. The van der Waals surface area contributed by atoms with Gasteiger partial charge in [-0.1, -0.05) is 38.1 Å². The van der Waals surface area contributed by atoms with Crippen LogP contribution < -0.4 is 0 Å². The normalized spacial score (nSPS) is 11.3. The van der Waals surface area contributed by atoms with Crippen molar-refractivity contribution >= 4 is 5.65 Å². The third-order valence-corrected chi connectivity index (χ3v) is 3.31. The number of pyridine rings is 1. The maximum absolute atomic E-state index is 4.31. The molecule has 18 heavy (non-hydrogen) atoms. The molecule has 0 spiro atoms. The van der Waals surface area contributed by atoms with Crippen molar-refractivity contribution < 1.29 is 0 Å². The first-order valence-corrected chi connectivity index (χ1v) is 6.27. The van der Waals surface area contributed by atoms with Crippen LogP contribution in [0, 0.1) is 0 Å². The highest BCUT2D eigenvalue weighted by molar-refractivity contribution is 5.67. The Kier molecular flexibility index (Phi) is 2.63. The number of benzene rings is 1. The van der Waals surface area contributed by atoms with Crippen LogP contribution in [-0.4, -0.2) is 9.38 Å². The Morgan fingerprint density at radius 1 is 0.944 bits per heavy atom. The standard InChI is InChI=1S/C16H16N2/c1-12(2)13-3-5-14(6-4-13)15-7-9-18-10-8-17-16(18)11-15/h3-12H,1-2H3. The molecule has 0 amide bonds. The monoisotopic (exact) mass is 236 g/mol. The van der Waals surface area contributed by atoms with Crippen molar-refractivity contribution in [1.82, 2.24) is 9.38 Å². The summed E-state index contributed by atoms with van der Waals surface area (Å²) in [6.07, 6.45) is 5.83. The predicted octanol–water partition coefficient (Wildman–Crippen LogP) is 4.12. The average Bonchev–Trinajstić information content (AvgIpc) is 2.86. The average molecular weight is 236 g/mol. The summed E-state index contributed by atoms with van der Waals surface area (Å²) in [5.41, 5.74) is 4.81. The molecule has 0 aliphatic rings. The molecule has 2 heteroatoms. The van der Waals surface area contributed by atoms with Crippen molar-refractivity contribution in [1.29, 1.82) is 0 Å². The summed E-state index contributed by atoms with van der Waals surface area (Å²) in [5.74, 6) is 0.578. The summed E-state index contributed by atoms with van der Waals surface area (Å²) in [7, 11) is 0. The van der Waals surface area contributed by atoms with Crippen LogP contribution >= 0.6 is 0 Å². The molecule has 3 aromatic rings. The van der Waals surface area contributed by atoms with Crippen molar-refractivity contribution in [2.75, 3.05) is 0 Å². The van der Waals surface area contributed by atoms with Crippen molar-refractivity contribution in [2.24, 2.45) is 0 Å². The largest absolute Gasteiger partial charge is 0.307 e. The van der Waals surface area contributed by atoms with E-state index in [1.54, 1.807) is 0 Å². The molecule has 0 radical (unpaired) electrons. The van der Waals surface area contributed by atoms with Crippen LogP contribution in [0.15, 0.2) is 55.0 Å². The van der Waals surface area contributed by atoms with Gasteiger partial charge in [-0.05, 0) is 34.7 Å². The van der Waals surface area contributed by atoms with Gasteiger partial charge in [0.2, 0.25) is 0 Å². The van der Waals surface area contributed by atoms with E-state index >= 15 is 0 Å². The Bertz CT molecular complexity index is 663. The van der Waals surface area contributed by atoms with Gasteiger partial charge in [-0.3, -0.25) is 0 Å². The minimum atomic E-state index is 0.578. The van der Waals surface area contributed by atoms with Gasteiger partial charge in [0.25, 0.3) is 0 Å². The molecule has 0 bridgehead atoms. The summed E-state index contributed by atoms with van der Waals surface area (Å²) in [4.78, 5) is 4.31. The Balaban J connectivity index is 2.02. The topological polar surface area (TPSA) is 17.3 Å². The zero-order chi connectivity index (χ0) is 12.5. The first kappa shape index (κ1) is 11.0. The molecule has 0 saturated carbocycles. The van der Waals surface area contributed by atoms with E-state index in [1.165, 1.54) is 16.7 Å². The van der Waals surface area contributed by atoms with Gasteiger partial charge in [0, 0.05) is 18.6 Å². The second-order valence-electron chi connectivity index (χ2n) is 4.88. The van der Waals surface area contributed by atoms with Crippen LogP contribution in [0.1, 0.15) is 25.3 Å². The minimum absolute atomic E-state index is 0.578. The van der Waals surface area contributed by atoms with E-state index in [1.807, 2.05) is 23.0 Å². The third kappa shape index (κ3) is 1.90. The highest BCUT2D eigenvalue weighted by Crippen LogP contribution is 2.23. The summed E-state index contributed by atoms with van der Waals surface area (Å²) >= 11 is 0. The number of fused-ring (bicyclic) bond motifs is 1. The fourth-order valence-electron chi connectivity index (χ4n) is 2.15. The van der Waals surface area contributed by atoms with Crippen LogP contribution in [0.5, 0.6) is 0 Å². The molecule has 0 saturated heterocycles. The van der Waals surface area contributed by atoms with Gasteiger partial charge in [-0.2, -0.15) is 0 Å². The molecule has 0 N–H and O–H groups in total. The number of rotatable bonds is 2. The zero-order valence-corrected chi connectivity index (χ0v) is 10.7. The Morgan fingerprint density at radius 2 is 1.72 bits per heavy atom. The fourth-order valence-corrected chi connectivity index (χ4v) is 2.15. The maximum atomic E-state index is 4.31. The molecule has 2 aromatic heterocycles. The Hall–Kier alpha value is -2.09. The summed E-state index contributed by atoms with van der Waals surface area (Å²) < 4.78 is 2.02. The van der Waals surface area contributed by atoms with Gasteiger partial charge in [-0.25, -0.2) is 4.98 Å². The maximum Gasteiger partial charge on any atom is 0.137 e. The predicted molar refractivity (Wildman–Crippen MR) is 74.7 cm³/mol. The molecule has 0 aliphatic heterocycles. The molecule has 0 atom stereocenters. The third-order valence-electron chi connectivity index (χ3n) is 3.31. The van der Waals surface area contributed by atoms with Crippen molar-refractivity contribution in [3.05, 3.63) is 60.6 Å². The van der Waals surface area contributed by atoms with E-state index < -0.39 is 0 Å². The summed E-state index contributed by atoms with van der Waals surface area (Å²) in [6.45, 7) is 4.43. The van der Waals surface area contributed by atoms with Crippen LogP contribution in [0.3, 0.4) is 0 Å². The quantitative estimate of drug-likeness (QED) is 0.654. The van der Waals surface area contributed by atoms with Gasteiger partial charge in [0.15, 0.2) is 0 Å². The molecular formula is C16H16N2. The van der Waals surface area contributed by atoms with Gasteiger partial charge in [0.05, 0.1) is 0 Å². The lowest BCUT2D eigenvalue weighted by Crippen LogP contribution is -1.88. The van der Waals surface area contributed by atoms with Crippen LogP contribution in [0.2, 0.25) is 0 Å². The summed E-state index contributed by atoms with van der Waals surface area (Å²) in [6, 6.07) is 13.0. The molecule has 0 fully saturated rings. The molecule has 2 nitrogen and oxygen atoms in total. The smallest absolute Gasteiger partial charge is 0.137 e. The van der Waals surface area contributed by atoms with E-state index in [4.69, 9.17) is 0 Å². The molecule has 1 aromatic carbocycles. The van der Waals surface area contributed by atoms with Crippen LogP contribution in [0.4, 0.5) is 0 Å². The van der Waals surface area contributed by atoms with E-state index in [9.17, 15) is 0 Å². The molecule has 3 rings (SSSR count). The highest BCUT2D eigenvalue weighted by atomic mass is 15.0. The lowest BCUT2D eigenvalue weighted by atomic mass is 9.99. The number of nitrogens with zero attached hydrogens (tertiary/aromatic N) is 2. The van der Waals surface area contributed by atoms with Crippen molar-refractivity contribution in [2.45, 2.75) is 19.8 Å². The highest BCUT2D eigenvalue weighted by Gasteiger charge is 2.02. The second kappa shape index (κ2) is 4.30. The van der Waals surface area contributed by atoms with E-state index in [0.29, 0.717) is 5.92 Å². The molecule has 0 unspecified atom stereocenters. The van der Waals surface area contributed by atoms with Gasteiger partial charge < -0.3 is 4.40 Å².